The summed E-state index contributed by atoms with van der Waals surface area (Å²) in [6.45, 7) is 0.732. The lowest BCUT2D eigenvalue weighted by molar-refractivity contribution is 0.483. The molecular weight excluding hydrogens is 269 g/mol. The Bertz CT molecular complexity index is 561. The van der Waals surface area contributed by atoms with Gasteiger partial charge in [0.05, 0.1) is 22.9 Å². The maximum Gasteiger partial charge on any atom is 0.125 e. The zero-order chi connectivity index (χ0) is 12.5. The molecule has 1 heterocycles. The Kier molecular flexibility index (Phi) is 3.33. The van der Waals surface area contributed by atoms with Crippen molar-refractivity contribution in [2.45, 2.75) is 25.4 Å². The molecule has 0 unspecified atom stereocenters. The monoisotopic (exact) mass is 281 g/mol. The fraction of sp³-hybridized carbons (Fsp3) is 0.286. The first-order valence-corrected chi connectivity index (χ1v) is 6.75. The van der Waals surface area contributed by atoms with Gasteiger partial charge in [0, 0.05) is 17.2 Å². The minimum absolute atomic E-state index is 0.566. The van der Waals surface area contributed by atoms with E-state index in [2.05, 4.69) is 5.32 Å². The topological polar surface area (TPSA) is 25.2 Å². The average molecular weight is 282 g/mol. The van der Waals surface area contributed by atoms with Crippen molar-refractivity contribution in [1.82, 2.24) is 5.32 Å². The second kappa shape index (κ2) is 4.96. The van der Waals surface area contributed by atoms with Crippen LogP contribution in [0.5, 0.6) is 0 Å². The maximum atomic E-state index is 6.24. The van der Waals surface area contributed by atoms with Gasteiger partial charge in [-0.3, -0.25) is 0 Å². The van der Waals surface area contributed by atoms with Crippen LogP contribution in [0.3, 0.4) is 0 Å². The van der Waals surface area contributed by atoms with Gasteiger partial charge in [0.2, 0.25) is 0 Å². The van der Waals surface area contributed by atoms with Gasteiger partial charge < -0.3 is 9.73 Å². The van der Waals surface area contributed by atoms with Gasteiger partial charge in [-0.05, 0) is 25.0 Å². The number of hydrogen-bond acceptors (Lipinski definition) is 2. The van der Waals surface area contributed by atoms with Gasteiger partial charge in [0.1, 0.15) is 5.76 Å². The number of nitrogens with one attached hydrogen (secondary N) is 1. The van der Waals surface area contributed by atoms with E-state index >= 15 is 0 Å². The Morgan fingerprint density at radius 3 is 2.78 bits per heavy atom. The maximum absolute atomic E-state index is 6.24. The van der Waals surface area contributed by atoms with Crippen LogP contribution < -0.4 is 5.32 Å². The Morgan fingerprint density at radius 2 is 2.00 bits per heavy atom. The van der Waals surface area contributed by atoms with E-state index in [1.807, 2.05) is 18.2 Å². The molecule has 0 bridgehead atoms. The van der Waals surface area contributed by atoms with Gasteiger partial charge in [-0.1, -0.05) is 35.3 Å². The van der Waals surface area contributed by atoms with Crippen molar-refractivity contribution in [3.63, 3.8) is 0 Å². The molecule has 0 atom stereocenters. The van der Waals surface area contributed by atoms with Crippen LogP contribution in [0.25, 0.3) is 11.1 Å². The lowest BCUT2D eigenvalue weighted by Crippen LogP contribution is -2.15. The number of furan rings is 1. The fourth-order valence-electron chi connectivity index (χ4n) is 1.95. The van der Waals surface area contributed by atoms with Crippen LogP contribution in [-0.2, 0) is 6.54 Å². The average Bonchev–Trinajstić information content (AvgIpc) is 3.08. The third-order valence-corrected chi connectivity index (χ3v) is 3.93. The summed E-state index contributed by atoms with van der Waals surface area (Å²) in [4.78, 5) is 0. The van der Waals surface area contributed by atoms with Crippen molar-refractivity contribution >= 4 is 23.2 Å². The summed E-state index contributed by atoms with van der Waals surface area (Å²) in [5.74, 6) is 0.908. The minimum Gasteiger partial charge on any atom is -0.467 e. The molecule has 1 fully saturated rings. The van der Waals surface area contributed by atoms with E-state index in [9.17, 15) is 0 Å². The Hall–Kier alpha value is -0.960. The molecule has 1 N–H and O–H groups in total. The van der Waals surface area contributed by atoms with E-state index in [0.29, 0.717) is 16.1 Å². The number of rotatable bonds is 4. The van der Waals surface area contributed by atoms with Gasteiger partial charge in [-0.2, -0.15) is 0 Å². The number of halogens is 2. The molecule has 0 aliphatic heterocycles. The van der Waals surface area contributed by atoms with Crippen LogP contribution in [0.4, 0.5) is 0 Å². The second-order valence-electron chi connectivity index (χ2n) is 4.51. The van der Waals surface area contributed by atoms with Crippen LogP contribution in [0, 0.1) is 0 Å². The predicted octanol–water partition coefficient (Wildman–Crippen LogP) is 4.51. The SMILES string of the molecule is Clc1cccc(-c2ccoc2CNC2CC2)c1Cl. The van der Waals surface area contributed by atoms with Crippen LogP contribution >= 0.6 is 23.2 Å². The summed E-state index contributed by atoms with van der Waals surface area (Å²) in [7, 11) is 0. The summed E-state index contributed by atoms with van der Waals surface area (Å²) in [5.41, 5.74) is 1.93. The summed E-state index contributed by atoms with van der Waals surface area (Å²) < 4.78 is 5.53. The highest BCUT2D eigenvalue weighted by atomic mass is 35.5. The lowest BCUT2D eigenvalue weighted by Gasteiger charge is -2.07. The molecule has 94 valence electrons. The van der Waals surface area contributed by atoms with Gasteiger partial charge >= 0.3 is 0 Å². The molecule has 1 aliphatic rings. The van der Waals surface area contributed by atoms with Crippen LogP contribution in [0.15, 0.2) is 34.9 Å². The molecule has 1 aromatic heterocycles. The largest absolute Gasteiger partial charge is 0.467 e. The number of hydrogen-bond donors (Lipinski definition) is 1. The zero-order valence-electron chi connectivity index (χ0n) is 9.75. The molecule has 2 aromatic rings. The van der Waals surface area contributed by atoms with Crippen molar-refractivity contribution in [3.8, 4) is 11.1 Å². The van der Waals surface area contributed by atoms with E-state index < -0.39 is 0 Å². The molecule has 18 heavy (non-hydrogen) atoms. The molecule has 4 heteroatoms. The summed E-state index contributed by atoms with van der Waals surface area (Å²) in [6.07, 6.45) is 4.21. The van der Waals surface area contributed by atoms with E-state index in [1.165, 1.54) is 12.8 Å². The smallest absolute Gasteiger partial charge is 0.125 e. The highest BCUT2D eigenvalue weighted by Gasteiger charge is 2.21. The Balaban J connectivity index is 1.90. The molecule has 0 amide bonds. The van der Waals surface area contributed by atoms with Gasteiger partial charge in [0.25, 0.3) is 0 Å². The van der Waals surface area contributed by atoms with Crippen LogP contribution in [0.1, 0.15) is 18.6 Å². The highest BCUT2D eigenvalue weighted by Crippen LogP contribution is 2.35. The molecule has 0 radical (unpaired) electrons. The van der Waals surface area contributed by atoms with Gasteiger partial charge in [-0.15, -0.1) is 0 Å². The van der Waals surface area contributed by atoms with Crippen molar-refractivity contribution < 1.29 is 4.42 Å². The normalized spacial score (nSPS) is 15.0. The molecule has 1 aliphatic carbocycles. The highest BCUT2D eigenvalue weighted by molar-refractivity contribution is 6.43. The summed E-state index contributed by atoms with van der Waals surface area (Å²) in [6, 6.07) is 8.23. The third-order valence-electron chi connectivity index (χ3n) is 3.12. The molecule has 3 rings (SSSR count). The third kappa shape index (κ3) is 2.41. The van der Waals surface area contributed by atoms with Crippen molar-refractivity contribution in [2.75, 3.05) is 0 Å². The fourth-order valence-corrected chi connectivity index (χ4v) is 2.36. The Morgan fingerprint density at radius 1 is 1.17 bits per heavy atom. The first-order chi connectivity index (χ1) is 8.75. The second-order valence-corrected chi connectivity index (χ2v) is 5.30. The zero-order valence-corrected chi connectivity index (χ0v) is 11.3. The van der Waals surface area contributed by atoms with Crippen molar-refractivity contribution in [3.05, 3.63) is 46.3 Å². The molecule has 0 saturated heterocycles. The lowest BCUT2D eigenvalue weighted by atomic mass is 10.1. The van der Waals surface area contributed by atoms with Crippen LogP contribution in [0.2, 0.25) is 10.0 Å². The minimum atomic E-state index is 0.566. The van der Waals surface area contributed by atoms with E-state index in [0.717, 1.165) is 23.4 Å². The predicted molar refractivity (Wildman–Crippen MR) is 74.0 cm³/mol. The van der Waals surface area contributed by atoms with E-state index in [4.69, 9.17) is 27.6 Å². The first-order valence-electron chi connectivity index (χ1n) is 6.00. The van der Waals surface area contributed by atoms with Crippen molar-refractivity contribution in [1.29, 1.82) is 0 Å². The van der Waals surface area contributed by atoms with Gasteiger partial charge in [0.15, 0.2) is 0 Å². The molecule has 1 saturated carbocycles. The summed E-state index contributed by atoms with van der Waals surface area (Å²) in [5, 5.41) is 4.58. The van der Waals surface area contributed by atoms with E-state index in [-0.39, 0.29) is 0 Å². The van der Waals surface area contributed by atoms with Gasteiger partial charge in [-0.25, -0.2) is 0 Å². The molecule has 1 aromatic carbocycles. The molecule has 2 nitrogen and oxygen atoms in total. The first kappa shape index (κ1) is 12.1. The molecular formula is C14H13Cl2NO. The standard InChI is InChI=1S/C14H13Cl2NO/c15-12-3-1-2-11(14(12)16)10-6-7-18-13(10)8-17-9-4-5-9/h1-3,6-7,9,17H,4-5,8H2. The van der Waals surface area contributed by atoms with Crippen molar-refractivity contribution in [2.24, 2.45) is 0 Å². The number of benzene rings is 1. The molecule has 0 spiro atoms. The quantitative estimate of drug-likeness (QED) is 0.892. The van der Waals surface area contributed by atoms with E-state index in [1.54, 1.807) is 12.3 Å². The Labute approximate surface area is 116 Å². The summed E-state index contributed by atoms with van der Waals surface area (Å²) >= 11 is 12.3. The van der Waals surface area contributed by atoms with Crippen LogP contribution in [-0.4, -0.2) is 6.04 Å².